The summed E-state index contributed by atoms with van der Waals surface area (Å²) in [5.41, 5.74) is 0. The van der Waals surface area contributed by atoms with E-state index in [1.54, 1.807) is 0 Å². The highest BCUT2D eigenvalue weighted by Gasteiger charge is 2.40. The zero-order chi connectivity index (χ0) is 15.9. The second-order valence-corrected chi connectivity index (χ2v) is 16.3. The first-order chi connectivity index (χ1) is 8.89. The topological polar surface area (TPSA) is 50.0 Å². The van der Waals surface area contributed by atoms with E-state index in [2.05, 4.69) is 4.52 Å². The van der Waals surface area contributed by atoms with Crippen LogP contribution >= 0.6 is 43.4 Å². The molecule has 0 saturated carbocycles. The maximum Gasteiger partial charge on any atom is 0.239 e. The van der Waals surface area contributed by atoms with Crippen molar-refractivity contribution in [3.63, 3.8) is 0 Å². The molecule has 120 valence electrons. The summed E-state index contributed by atoms with van der Waals surface area (Å²) in [4.78, 5) is 0. The molecular weight excluding hydrogens is 358 g/mol. The van der Waals surface area contributed by atoms with Gasteiger partial charge in [-0.05, 0) is 78.9 Å². The van der Waals surface area contributed by atoms with Crippen LogP contribution in [0.15, 0.2) is 13.5 Å². The molecule has 0 bridgehead atoms. The largest absolute Gasteiger partial charge is 0.246 e. The fourth-order valence-corrected chi connectivity index (χ4v) is 16.0. The Kier molecular flexibility index (Phi) is 6.05. The molecule has 0 aromatic carbocycles. The van der Waals surface area contributed by atoms with Gasteiger partial charge in [0.1, 0.15) is 0 Å². The average Bonchev–Trinajstić information content (AvgIpc) is 2.26. The van der Waals surface area contributed by atoms with Gasteiger partial charge < -0.3 is 0 Å². The third-order valence-corrected chi connectivity index (χ3v) is 16.8. The molecule has 1 aliphatic rings. The maximum atomic E-state index is 6.75. The zero-order valence-corrected chi connectivity index (χ0v) is 17.4. The van der Waals surface area contributed by atoms with Crippen LogP contribution in [0.2, 0.25) is 0 Å². The molecule has 0 radical (unpaired) electrons. The Morgan fingerprint density at radius 3 is 1.20 bits per heavy atom. The van der Waals surface area contributed by atoms with Gasteiger partial charge in [0.2, 0.25) is 20.9 Å². The highest BCUT2D eigenvalue weighted by atomic mass is 35.7. The van der Waals surface area contributed by atoms with Crippen LogP contribution in [0, 0.1) is 0 Å². The summed E-state index contributed by atoms with van der Waals surface area (Å²) < 4.78 is 22.2. The molecule has 0 N–H and O–H groups in total. The molecule has 1 rings (SSSR count). The molecule has 0 aliphatic carbocycles. The van der Waals surface area contributed by atoms with Crippen molar-refractivity contribution in [1.29, 1.82) is 0 Å². The normalized spacial score (nSPS) is 33.3. The van der Waals surface area contributed by atoms with Crippen molar-refractivity contribution < 1.29 is 0 Å². The van der Waals surface area contributed by atoms with E-state index in [1.807, 2.05) is 75.1 Å². The Balaban J connectivity index is 3.83. The molecular formula is C8H24Cl2N7P3. The summed E-state index contributed by atoms with van der Waals surface area (Å²) in [6.45, 7) is -5.07. The molecule has 2 atom stereocenters. The van der Waals surface area contributed by atoms with Crippen LogP contribution < -0.4 is 0 Å². The fourth-order valence-electron chi connectivity index (χ4n) is 1.50. The molecule has 7 nitrogen and oxygen atoms in total. The molecule has 0 aromatic heterocycles. The van der Waals surface area contributed by atoms with Crippen LogP contribution in [0.1, 0.15) is 0 Å². The monoisotopic (exact) mass is 381 g/mol. The van der Waals surface area contributed by atoms with Crippen LogP contribution in [0.5, 0.6) is 0 Å². The Morgan fingerprint density at radius 2 is 0.900 bits per heavy atom. The SMILES string of the molecule is CN(C)P1(N(C)C)=N[P@](Cl)(N(C)C)=N[P@@](Cl)(N(C)C)=N1. The van der Waals surface area contributed by atoms with Gasteiger partial charge in [0.25, 0.3) is 0 Å². The van der Waals surface area contributed by atoms with Gasteiger partial charge in [-0.2, -0.15) is 13.5 Å². The Labute approximate surface area is 132 Å². The predicted octanol–water partition coefficient (Wildman–Crippen LogP) is 4.56. The van der Waals surface area contributed by atoms with Gasteiger partial charge in [-0.1, -0.05) is 0 Å². The second-order valence-electron chi connectivity index (χ2n) is 5.18. The lowest BCUT2D eigenvalue weighted by molar-refractivity contribution is 0.560. The van der Waals surface area contributed by atoms with Crippen molar-refractivity contribution in [1.82, 2.24) is 18.7 Å². The van der Waals surface area contributed by atoms with E-state index in [9.17, 15) is 0 Å². The average molecular weight is 382 g/mol. The van der Waals surface area contributed by atoms with Crippen molar-refractivity contribution in [3.05, 3.63) is 0 Å². The molecule has 0 fully saturated rings. The number of rotatable bonds is 4. The molecule has 20 heavy (non-hydrogen) atoms. The van der Waals surface area contributed by atoms with E-state index in [0.717, 1.165) is 0 Å². The van der Waals surface area contributed by atoms with E-state index < -0.39 is 20.9 Å². The number of nitrogens with zero attached hydrogens (tertiary/aromatic N) is 7. The van der Waals surface area contributed by atoms with Gasteiger partial charge in [-0.25, -0.2) is 18.7 Å². The van der Waals surface area contributed by atoms with E-state index in [4.69, 9.17) is 31.5 Å². The van der Waals surface area contributed by atoms with Crippen molar-refractivity contribution in [2.24, 2.45) is 13.5 Å². The second kappa shape index (κ2) is 6.31. The summed E-state index contributed by atoms with van der Waals surface area (Å²) in [7, 11) is 13.1. The van der Waals surface area contributed by atoms with Crippen molar-refractivity contribution in [3.8, 4) is 0 Å². The van der Waals surface area contributed by atoms with Crippen molar-refractivity contribution in [2.75, 3.05) is 56.4 Å². The minimum Gasteiger partial charge on any atom is -0.246 e. The first-order valence-corrected chi connectivity index (χ1v) is 12.6. The number of halogens is 2. The lowest BCUT2D eigenvalue weighted by Gasteiger charge is -2.40. The van der Waals surface area contributed by atoms with Crippen LogP contribution in [0.25, 0.3) is 0 Å². The Bertz CT molecular complexity index is 515. The first-order valence-electron chi connectivity index (χ1n) is 5.92. The molecule has 0 amide bonds. The van der Waals surface area contributed by atoms with Gasteiger partial charge in [0.15, 0.2) is 0 Å². The summed E-state index contributed by atoms with van der Waals surface area (Å²) in [5.74, 6) is 0. The summed E-state index contributed by atoms with van der Waals surface area (Å²) >= 11 is 13.5. The van der Waals surface area contributed by atoms with E-state index >= 15 is 0 Å². The van der Waals surface area contributed by atoms with Gasteiger partial charge in [-0.3, -0.25) is 0 Å². The quantitative estimate of drug-likeness (QED) is 0.669. The fraction of sp³-hybridized carbons (Fsp3) is 1.00. The van der Waals surface area contributed by atoms with E-state index in [1.165, 1.54) is 0 Å². The Morgan fingerprint density at radius 1 is 0.550 bits per heavy atom. The lowest BCUT2D eigenvalue weighted by Crippen LogP contribution is -2.22. The molecule has 0 saturated heterocycles. The summed E-state index contributed by atoms with van der Waals surface area (Å²) in [6.07, 6.45) is 0. The van der Waals surface area contributed by atoms with Gasteiger partial charge in [-0.15, -0.1) is 0 Å². The highest BCUT2D eigenvalue weighted by molar-refractivity contribution is 8.02. The predicted molar refractivity (Wildman–Crippen MR) is 94.5 cm³/mol. The van der Waals surface area contributed by atoms with Crippen molar-refractivity contribution >= 4 is 43.4 Å². The van der Waals surface area contributed by atoms with Gasteiger partial charge >= 0.3 is 0 Å². The molecule has 0 spiro atoms. The first kappa shape index (κ1) is 19.2. The number of hydrogen-bond acceptors (Lipinski definition) is 7. The Hall–Kier alpha value is 1.11. The highest BCUT2D eigenvalue weighted by Crippen LogP contribution is 2.83. The third-order valence-electron chi connectivity index (χ3n) is 2.79. The van der Waals surface area contributed by atoms with Crippen molar-refractivity contribution in [2.45, 2.75) is 0 Å². The third kappa shape index (κ3) is 3.37. The van der Waals surface area contributed by atoms with Gasteiger partial charge in [0, 0.05) is 0 Å². The molecule has 1 heterocycles. The molecule has 0 aromatic rings. The number of hydrogen-bond donors (Lipinski definition) is 0. The zero-order valence-electron chi connectivity index (χ0n) is 13.2. The smallest absolute Gasteiger partial charge is 0.239 e. The summed E-state index contributed by atoms with van der Waals surface area (Å²) in [6, 6.07) is 0. The van der Waals surface area contributed by atoms with Gasteiger partial charge in [0.05, 0.1) is 0 Å². The lowest BCUT2D eigenvalue weighted by atomic mass is 11.3. The van der Waals surface area contributed by atoms with E-state index in [0.29, 0.717) is 0 Å². The van der Waals surface area contributed by atoms with Crippen LogP contribution in [0.4, 0.5) is 0 Å². The molecule has 1 aliphatic heterocycles. The minimum atomic E-state index is -2.54. The van der Waals surface area contributed by atoms with Crippen LogP contribution in [-0.4, -0.2) is 75.1 Å². The molecule has 12 heteroatoms. The maximum absolute atomic E-state index is 6.75. The van der Waals surface area contributed by atoms with Crippen LogP contribution in [-0.2, 0) is 0 Å². The van der Waals surface area contributed by atoms with E-state index in [-0.39, 0.29) is 0 Å². The standard InChI is InChI=1S/C8H24Cl2N7P3/c1-14(2)18(9)11-19(10,15(3)4)13-20(12-18,16(5)6)17(7)8/h1-8H3/t18-,19-/m1/s1. The molecule has 0 unspecified atom stereocenters. The van der Waals surface area contributed by atoms with Crippen LogP contribution in [0.3, 0.4) is 0 Å². The summed E-state index contributed by atoms with van der Waals surface area (Å²) in [5, 5.41) is 0. The minimum absolute atomic E-state index is 1.87.